The maximum absolute atomic E-state index is 14.0. The molecular formula is C52H75N17O31P4. The molecule has 104 heavy (non-hydrogen) atoms. The molecule has 4 aliphatic heterocycles. The number of ether oxygens (including phenoxy) is 6. The standard InChI is InChI=1S/C33H49N9O17P2.C19H26N8O14P2/c1-5-6-7-22(43)40(4)18(12-53-11-9-17(2)3)32(46)58-26-19(56-31(24(26)44)42-16-38-23-28(35)36-15-37-29(23)42)14-55-61(51,52)59-27-20(13-54-60(48,49)50)57-30(25(27)45)41-10-8-21(34)39-33(41)47;20-9-1-2-26(19(31)25-9)18-13(30)14(8(40-18)4-37-42(32,33)34)41-43(35,36)38-3-7-11(28)12(29)17(39-7)27-6-24-10-15(21)22-5-23-16(10)27/h5,8,10,15-20,24-27,30-31,44-45H,1,6-7,9,11-14H2,2-4H3,(H,51,52)(H2,34,39,47)(H2,35,36,37)(H2,48,49,50);1-2,5-8,11-14,17-18,28-30H,3-4H2,(H,35,36)(H2,20,25,31)(H2,21,22,23)(H2,32,33,34)/t18-,19+,20+,24+,25+,26+,27+,30+,31+;7-,8-,11-,12-,13-,14-,17-,18-/m01/s1. The molecule has 1 amide bonds. The molecule has 574 valence electrons. The highest BCUT2D eigenvalue weighted by atomic mass is 31.2. The van der Waals surface area contributed by atoms with Gasteiger partial charge in [-0.3, -0.25) is 50.2 Å². The van der Waals surface area contributed by atoms with E-state index in [0.717, 1.165) is 39.1 Å². The first-order valence-corrected chi connectivity index (χ1v) is 36.8. The van der Waals surface area contributed by atoms with Gasteiger partial charge in [0.25, 0.3) is 0 Å². The molecule has 2 unspecified atom stereocenters. The van der Waals surface area contributed by atoms with Gasteiger partial charge < -0.3 is 111 Å². The molecule has 10 rings (SSSR count). The minimum atomic E-state index is -5.41. The van der Waals surface area contributed by atoms with Crippen molar-refractivity contribution in [1.29, 1.82) is 0 Å². The number of aliphatic hydroxyl groups is 5. The molecule has 0 bridgehead atoms. The van der Waals surface area contributed by atoms with Crippen LogP contribution in [0, 0.1) is 5.92 Å². The predicted octanol–water partition coefficient (Wildman–Crippen LogP) is -4.12. The number of nitrogens with two attached hydrogens (primary N) is 4. The van der Waals surface area contributed by atoms with E-state index in [-0.39, 0.29) is 71.2 Å². The lowest BCUT2D eigenvalue weighted by Crippen LogP contribution is -2.49. The molecule has 0 radical (unpaired) electrons. The zero-order chi connectivity index (χ0) is 76.1. The molecule has 6 aromatic heterocycles. The number of fused-ring (bicyclic) bond motifs is 2. The average molecular weight is 1560 g/mol. The monoisotopic (exact) mass is 1560 g/mol. The highest BCUT2D eigenvalue weighted by Crippen LogP contribution is 2.52. The molecule has 0 aromatic carbocycles. The second kappa shape index (κ2) is 33.7. The fraction of sp³-hybridized carbons (Fsp3) is 0.577. The van der Waals surface area contributed by atoms with Crippen molar-refractivity contribution in [2.75, 3.05) is 69.6 Å². The van der Waals surface area contributed by atoms with Gasteiger partial charge in [-0.25, -0.2) is 62.5 Å². The molecule has 19 N–H and O–H groups in total. The average Bonchev–Trinajstić information content (AvgIpc) is 2.17. The maximum Gasteiger partial charge on any atom is 0.472 e. The van der Waals surface area contributed by atoms with E-state index in [4.69, 9.17) is 79.2 Å². The van der Waals surface area contributed by atoms with Gasteiger partial charge in [-0.15, -0.1) is 6.58 Å². The highest BCUT2D eigenvalue weighted by Gasteiger charge is 2.54. The Morgan fingerprint density at radius 2 is 1.01 bits per heavy atom. The SMILES string of the molecule is C=CCCC(=O)N(C)[C@@H](COCCC(C)C)C(=O)O[C@H]1[C@@H](O)[C@H](n2cnc3c(N)ncnc32)O[C@@H]1COP(=O)(O)O[C@H]1[C@@H](O)[C@H](n2ccc(N)nc2=O)O[C@@H]1COP(=O)(O)O.Nc1ccn([C@@H]2O[C@H](COP(=O)(O)O)[C@@H](OP(=O)(O)OC[C@H]3O[C@@H](n4cnc5c(N)ncnc54)[C@H](O)[C@@H]3O)[C@H]2O)c(=O)n1. The summed E-state index contributed by atoms with van der Waals surface area (Å²) in [4.78, 5) is 142. The summed E-state index contributed by atoms with van der Waals surface area (Å²) in [6.07, 6.45) is -17.3. The summed E-state index contributed by atoms with van der Waals surface area (Å²) >= 11 is 0. The van der Waals surface area contributed by atoms with Crippen molar-refractivity contribution in [3.63, 3.8) is 0 Å². The van der Waals surface area contributed by atoms with Crippen LogP contribution in [-0.2, 0) is 83.4 Å². The third-order valence-electron chi connectivity index (χ3n) is 16.0. The van der Waals surface area contributed by atoms with Crippen molar-refractivity contribution >= 4 is 88.8 Å². The van der Waals surface area contributed by atoms with Crippen molar-refractivity contribution in [3.05, 3.63) is 83.5 Å². The normalized spacial score (nSPS) is 27.9. The second-order valence-corrected chi connectivity index (χ2v) is 29.0. The van der Waals surface area contributed by atoms with Gasteiger partial charge in [0.15, 0.2) is 60.0 Å². The van der Waals surface area contributed by atoms with Gasteiger partial charge in [-0.1, -0.05) is 19.9 Å². The Hall–Kier alpha value is -7.22. The number of imidazole rings is 2. The smallest absolute Gasteiger partial charge is 0.455 e. The van der Waals surface area contributed by atoms with Crippen molar-refractivity contribution in [3.8, 4) is 0 Å². The molecule has 0 spiro atoms. The zero-order valence-electron chi connectivity index (χ0n) is 54.7. The summed E-state index contributed by atoms with van der Waals surface area (Å²) < 4.78 is 117. The molecule has 0 aliphatic carbocycles. The summed E-state index contributed by atoms with van der Waals surface area (Å²) in [6.45, 7) is 3.75. The molecule has 4 fully saturated rings. The molecule has 0 saturated carbocycles. The van der Waals surface area contributed by atoms with Crippen LogP contribution in [0.3, 0.4) is 0 Å². The highest BCUT2D eigenvalue weighted by molar-refractivity contribution is 7.47. The number of allylic oxidation sites excluding steroid dienone is 1. The summed E-state index contributed by atoms with van der Waals surface area (Å²) in [5, 5.41) is 54.8. The van der Waals surface area contributed by atoms with Gasteiger partial charge in [0.2, 0.25) is 5.91 Å². The first-order valence-electron chi connectivity index (χ1n) is 30.8. The summed E-state index contributed by atoms with van der Waals surface area (Å²) in [5.41, 5.74) is 21.3. The number of nitrogen functional groups attached to an aromatic ring is 4. The van der Waals surface area contributed by atoms with Gasteiger partial charge in [-0.05, 0) is 30.9 Å². The number of hydrogen-bond acceptors (Lipinski definition) is 37. The Kier molecular flexibility index (Phi) is 26.2. The lowest BCUT2D eigenvalue weighted by atomic mass is 10.1. The molecular weight excluding hydrogens is 1480 g/mol. The lowest BCUT2D eigenvalue weighted by Gasteiger charge is -2.29. The number of anilines is 4. The van der Waals surface area contributed by atoms with Gasteiger partial charge in [-0.2, -0.15) is 9.97 Å². The van der Waals surface area contributed by atoms with Crippen LogP contribution in [0.15, 0.2) is 72.1 Å². The van der Waals surface area contributed by atoms with Crippen LogP contribution in [0.25, 0.3) is 22.3 Å². The quantitative estimate of drug-likeness (QED) is 0.00851. The number of rotatable bonds is 31. The fourth-order valence-electron chi connectivity index (χ4n) is 10.8. The number of aliphatic hydroxyl groups excluding tert-OH is 5. The molecule has 52 heteroatoms. The number of phosphoric ester groups is 4. The van der Waals surface area contributed by atoms with Crippen LogP contribution in [0.5, 0.6) is 0 Å². The number of amides is 1. The number of nitrogens with zero attached hydrogens (tertiary/aromatic N) is 13. The van der Waals surface area contributed by atoms with Crippen molar-refractivity contribution < 1.29 is 138 Å². The number of hydrogen-bond donors (Lipinski definition) is 15. The summed E-state index contributed by atoms with van der Waals surface area (Å²) in [7, 11) is -19.5. The molecule has 10 heterocycles. The van der Waals surface area contributed by atoms with E-state index in [2.05, 4.69) is 55.5 Å². The van der Waals surface area contributed by atoms with Crippen molar-refractivity contribution in [2.45, 2.75) is 137 Å². The number of phosphoric acid groups is 4. The minimum absolute atomic E-state index is 0.00926. The zero-order valence-corrected chi connectivity index (χ0v) is 58.2. The Bertz CT molecular complexity index is 4340. The second-order valence-electron chi connectivity index (χ2n) is 23.7. The first-order chi connectivity index (χ1) is 48.9. The summed E-state index contributed by atoms with van der Waals surface area (Å²) in [6, 6.07) is 1.03. The Labute approximate surface area is 584 Å². The molecule has 48 nitrogen and oxygen atoms in total. The molecule has 4 saturated heterocycles. The minimum Gasteiger partial charge on any atom is -0.455 e. The third kappa shape index (κ3) is 19.7. The van der Waals surface area contributed by atoms with E-state index < -0.39 is 185 Å². The van der Waals surface area contributed by atoms with Gasteiger partial charge in [0, 0.05) is 32.5 Å². The van der Waals surface area contributed by atoms with E-state index in [9.17, 15) is 82.5 Å². The van der Waals surface area contributed by atoms with Crippen LogP contribution < -0.4 is 34.3 Å². The number of esters is 1. The maximum atomic E-state index is 14.0. The fourth-order valence-corrected chi connectivity index (χ4v) is 13.4. The molecule has 4 aliphatic rings. The topological polar surface area (TPSA) is 700 Å². The van der Waals surface area contributed by atoms with Crippen molar-refractivity contribution in [2.24, 2.45) is 5.92 Å². The van der Waals surface area contributed by atoms with E-state index in [1.54, 1.807) is 0 Å². The largest absolute Gasteiger partial charge is 0.472 e. The number of carbonyl (C=O) groups is 2. The van der Waals surface area contributed by atoms with Crippen LogP contribution in [0.4, 0.5) is 23.3 Å². The van der Waals surface area contributed by atoms with Gasteiger partial charge >= 0.3 is 48.6 Å². The van der Waals surface area contributed by atoms with Crippen LogP contribution >= 0.6 is 31.3 Å². The predicted molar refractivity (Wildman–Crippen MR) is 344 cm³/mol. The molecule has 6 aromatic rings. The number of carbonyl (C=O) groups excluding carboxylic acids is 2. The van der Waals surface area contributed by atoms with E-state index >= 15 is 0 Å². The van der Waals surface area contributed by atoms with Gasteiger partial charge in [0.1, 0.15) is 102 Å². The number of aromatic nitrogens is 12. The van der Waals surface area contributed by atoms with Gasteiger partial charge in [0.05, 0.1) is 45.7 Å². The Morgan fingerprint density at radius 3 is 1.45 bits per heavy atom. The summed E-state index contributed by atoms with van der Waals surface area (Å²) in [5.74, 6) is -1.52. The Balaban J connectivity index is 0.000000256. The first kappa shape index (κ1) is 80.9. The lowest BCUT2D eigenvalue weighted by molar-refractivity contribution is -0.167. The molecule has 19 atom stereocenters. The Morgan fingerprint density at radius 1 is 0.596 bits per heavy atom. The van der Waals surface area contributed by atoms with E-state index in [1.807, 2.05) is 13.8 Å². The van der Waals surface area contributed by atoms with E-state index in [1.165, 1.54) is 47.0 Å². The van der Waals surface area contributed by atoms with Crippen LogP contribution in [0.1, 0.15) is 58.0 Å². The van der Waals surface area contributed by atoms with Crippen molar-refractivity contribution in [1.82, 2.24) is 63.0 Å². The third-order valence-corrected chi connectivity index (χ3v) is 19.0. The van der Waals surface area contributed by atoms with Crippen LogP contribution in [0.2, 0.25) is 0 Å². The number of likely N-dealkylation sites (N-methyl/N-ethyl adjacent to an activating group) is 1. The van der Waals surface area contributed by atoms with Crippen LogP contribution in [-0.4, -0.2) is 256 Å². The van der Waals surface area contributed by atoms with E-state index in [0.29, 0.717) is 12.8 Å².